The fourth-order valence-electron chi connectivity index (χ4n) is 1.36. The van der Waals surface area contributed by atoms with Gasteiger partial charge in [-0.05, 0) is 19.1 Å². The topological polar surface area (TPSA) is 45.1 Å². The van der Waals surface area contributed by atoms with E-state index in [0.29, 0.717) is 5.69 Å². The third-order valence-electron chi connectivity index (χ3n) is 2.23. The first kappa shape index (κ1) is 10.9. The third kappa shape index (κ3) is 2.30. The van der Waals surface area contributed by atoms with Crippen molar-refractivity contribution in [1.82, 2.24) is 4.98 Å². The van der Waals surface area contributed by atoms with Crippen molar-refractivity contribution in [3.05, 3.63) is 40.6 Å². The van der Waals surface area contributed by atoms with E-state index in [1.807, 2.05) is 12.3 Å². The lowest BCUT2D eigenvalue weighted by Gasteiger charge is -2.13. The van der Waals surface area contributed by atoms with Gasteiger partial charge >= 0.3 is 0 Å². The third-order valence-corrected chi connectivity index (χ3v) is 2.83. The van der Waals surface area contributed by atoms with E-state index in [2.05, 4.69) is 10.3 Å². The molecule has 0 aliphatic carbocycles. The monoisotopic (exact) mass is 238 g/mol. The van der Waals surface area contributed by atoms with Gasteiger partial charge in [0, 0.05) is 17.1 Å². The van der Waals surface area contributed by atoms with Gasteiger partial charge in [-0.3, -0.25) is 0 Å². The van der Waals surface area contributed by atoms with Crippen LogP contribution in [0.15, 0.2) is 29.1 Å². The van der Waals surface area contributed by atoms with E-state index in [9.17, 15) is 4.39 Å². The van der Waals surface area contributed by atoms with Crippen molar-refractivity contribution < 1.29 is 9.50 Å². The number of thiazole rings is 1. The number of halogens is 1. The van der Waals surface area contributed by atoms with Crippen LogP contribution in [0, 0.1) is 5.82 Å². The Kier molecular flexibility index (Phi) is 3.05. The molecular weight excluding hydrogens is 227 g/mol. The molecule has 1 aromatic carbocycles. The number of anilines is 1. The average Bonchev–Trinajstić information content (AvgIpc) is 2.77. The summed E-state index contributed by atoms with van der Waals surface area (Å²) in [5.41, 5.74) is 3.29. The van der Waals surface area contributed by atoms with Crippen LogP contribution >= 0.6 is 11.3 Å². The molecule has 1 heterocycles. The van der Waals surface area contributed by atoms with Crippen molar-refractivity contribution in [3.63, 3.8) is 0 Å². The van der Waals surface area contributed by atoms with E-state index in [1.165, 1.54) is 23.5 Å². The van der Waals surface area contributed by atoms with Crippen LogP contribution in [-0.4, -0.2) is 10.1 Å². The minimum atomic E-state index is -0.629. The summed E-state index contributed by atoms with van der Waals surface area (Å²) in [6.07, 6.45) is 0. The van der Waals surface area contributed by atoms with Gasteiger partial charge in [0.2, 0.25) is 0 Å². The molecule has 1 aromatic heterocycles. The van der Waals surface area contributed by atoms with Crippen molar-refractivity contribution in [2.45, 2.75) is 13.0 Å². The number of phenols is 1. The first-order valence-electron chi connectivity index (χ1n) is 4.80. The molecule has 0 aliphatic heterocycles. The van der Waals surface area contributed by atoms with Crippen molar-refractivity contribution in [3.8, 4) is 5.75 Å². The second-order valence-corrected chi connectivity index (χ2v) is 4.16. The summed E-state index contributed by atoms with van der Waals surface area (Å²) in [5.74, 6) is -0.970. The van der Waals surface area contributed by atoms with Crippen molar-refractivity contribution >= 4 is 17.0 Å². The van der Waals surface area contributed by atoms with Gasteiger partial charge in [-0.1, -0.05) is 0 Å². The van der Waals surface area contributed by atoms with Crippen LogP contribution in [-0.2, 0) is 0 Å². The normalized spacial score (nSPS) is 12.4. The van der Waals surface area contributed by atoms with Crippen molar-refractivity contribution in [2.75, 3.05) is 5.32 Å². The molecule has 3 nitrogen and oxygen atoms in total. The van der Waals surface area contributed by atoms with E-state index in [4.69, 9.17) is 5.11 Å². The number of hydrogen-bond acceptors (Lipinski definition) is 4. The number of phenolic OH excluding ortho intramolecular Hbond substituents is 1. The second-order valence-electron chi connectivity index (χ2n) is 3.45. The molecule has 5 heteroatoms. The summed E-state index contributed by atoms with van der Waals surface area (Å²) < 4.78 is 13.1. The minimum absolute atomic E-state index is 0.00944. The number of nitrogens with one attached hydrogen (secondary N) is 1. The van der Waals surface area contributed by atoms with Crippen molar-refractivity contribution in [1.29, 1.82) is 0 Å². The van der Waals surface area contributed by atoms with Crippen LogP contribution in [0.25, 0.3) is 0 Å². The maximum Gasteiger partial charge on any atom is 0.166 e. The molecule has 2 aromatic rings. The highest BCUT2D eigenvalue weighted by molar-refractivity contribution is 7.07. The highest BCUT2D eigenvalue weighted by Crippen LogP contribution is 2.23. The molecule has 0 saturated carbocycles. The largest absolute Gasteiger partial charge is 0.505 e. The number of aromatic nitrogens is 1. The molecule has 2 N–H and O–H groups in total. The van der Waals surface area contributed by atoms with Gasteiger partial charge in [-0.25, -0.2) is 9.37 Å². The van der Waals surface area contributed by atoms with E-state index in [1.54, 1.807) is 11.6 Å². The van der Waals surface area contributed by atoms with Gasteiger partial charge < -0.3 is 10.4 Å². The average molecular weight is 238 g/mol. The van der Waals surface area contributed by atoms with Gasteiger partial charge in [0.1, 0.15) is 0 Å². The lowest BCUT2D eigenvalue weighted by molar-refractivity contribution is 0.432. The highest BCUT2D eigenvalue weighted by Gasteiger charge is 2.08. The van der Waals surface area contributed by atoms with Crippen LogP contribution in [0.4, 0.5) is 10.1 Å². The summed E-state index contributed by atoms with van der Waals surface area (Å²) in [5, 5.41) is 14.1. The molecule has 16 heavy (non-hydrogen) atoms. The van der Waals surface area contributed by atoms with Gasteiger partial charge in [0.25, 0.3) is 0 Å². The summed E-state index contributed by atoms with van der Waals surface area (Å²) in [6.45, 7) is 1.94. The molecule has 1 atom stereocenters. The summed E-state index contributed by atoms with van der Waals surface area (Å²) in [4.78, 5) is 4.17. The fourth-order valence-corrected chi connectivity index (χ4v) is 2.00. The first-order chi connectivity index (χ1) is 7.66. The molecule has 0 spiro atoms. The van der Waals surface area contributed by atoms with E-state index < -0.39 is 5.82 Å². The Balaban J connectivity index is 2.12. The number of rotatable bonds is 3. The van der Waals surface area contributed by atoms with E-state index in [-0.39, 0.29) is 11.8 Å². The predicted molar refractivity (Wildman–Crippen MR) is 62.2 cm³/mol. The smallest absolute Gasteiger partial charge is 0.166 e. The first-order valence-corrected chi connectivity index (χ1v) is 5.74. The lowest BCUT2D eigenvalue weighted by Crippen LogP contribution is -2.06. The quantitative estimate of drug-likeness (QED) is 0.807. The Morgan fingerprint density at radius 1 is 1.50 bits per heavy atom. The SMILES string of the molecule is CC(Nc1ccc(O)c(F)c1)c1cscn1. The Morgan fingerprint density at radius 2 is 2.31 bits per heavy atom. The molecule has 0 bridgehead atoms. The Labute approximate surface area is 96.6 Å². The van der Waals surface area contributed by atoms with Crippen molar-refractivity contribution in [2.24, 2.45) is 0 Å². The summed E-state index contributed by atoms with van der Waals surface area (Å²) in [6, 6.07) is 4.22. The maximum absolute atomic E-state index is 13.1. The maximum atomic E-state index is 13.1. The van der Waals surface area contributed by atoms with Crippen LogP contribution in [0.3, 0.4) is 0 Å². The Morgan fingerprint density at radius 3 is 2.94 bits per heavy atom. The molecule has 0 saturated heterocycles. The van der Waals surface area contributed by atoms with Gasteiger partial charge in [0.15, 0.2) is 11.6 Å². The minimum Gasteiger partial charge on any atom is -0.505 e. The fraction of sp³-hybridized carbons (Fsp3) is 0.182. The predicted octanol–water partition coefficient (Wildman–Crippen LogP) is 3.16. The number of benzene rings is 1. The van der Waals surface area contributed by atoms with E-state index in [0.717, 1.165) is 5.69 Å². The zero-order valence-corrected chi connectivity index (χ0v) is 9.46. The summed E-state index contributed by atoms with van der Waals surface area (Å²) in [7, 11) is 0. The second kappa shape index (κ2) is 4.49. The van der Waals surface area contributed by atoms with E-state index >= 15 is 0 Å². The standard InChI is InChI=1S/C11H11FN2OS/c1-7(10-5-16-6-13-10)14-8-2-3-11(15)9(12)4-8/h2-7,14-15H,1H3. The van der Waals surface area contributed by atoms with Crippen LogP contribution < -0.4 is 5.32 Å². The zero-order chi connectivity index (χ0) is 11.5. The summed E-state index contributed by atoms with van der Waals surface area (Å²) >= 11 is 1.52. The highest BCUT2D eigenvalue weighted by atomic mass is 32.1. The van der Waals surface area contributed by atoms with Gasteiger partial charge in [0.05, 0.1) is 17.2 Å². The van der Waals surface area contributed by atoms with Crippen LogP contribution in [0.1, 0.15) is 18.7 Å². The lowest BCUT2D eigenvalue weighted by atomic mass is 10.2. The molecule has 2 rings (SSSR count). The molecule has 0 amide bonds. The Hall–Kier alpha value is -1.62. The molecule has 0 aliphatic rings. The number of hydrogen-bond donors (Lipinski definition) is 2. The Bertz CT molecular complexity index is 473. The zero-order valence-electron chi connectivity index (χ0n) is 8.64. The van der Waals surface area contributed by atoms with Crippen LogP contribution in [0.5, 0.6) is 5.75 Å². The molecule has 1 unspecified atom stereocenters. The number of aromatic hydroxyl groups is 1. The molecule has 0 radical (unpaired) electrons. The molecular formula is C11H11FN2OS. The van der Waals surface area contributed by atoms with Gasteiger partial charge in [-0.15, -0.1) is 11.3 Å². The molecule has 0 fully saturated rings. The van der Waals surface area contributed by atoms with Gasteiger partial charge in [-0.2, -0.15) is 0 Å². The van der Waals surface area contributed by atoms with Crippen LogP contribution in [0.2, 0.25) is 0 Å². The number of nitrogens with zero attached hydrogens (tertiary/aromatic N) is 1. The molecule has 84 valence electrons.